The number of rotatable bonds is 12. The van der Waals surface area contributed by atoms with Crippen molar-refractivity contribution in [2.45, 2.75) is 24.4 Å². The first-order valence-corrected chi connectivity index (χ1v) is 9.97. The van der Waals surface area contributed by atoms with Gasteiger partial charge in [0.25, 0.3) is 12.9 Å². The van der Waals surface area contributed by atoms with Crippen molar-refractivity contribution in [2.24, 2.45) is 23.7 Å². The Hall–Kier alpha value is -2.98. The maximum absolute atomic E-state index is 12.5. The molecule has 0 aliphatic carbocycles. The smallest absolute Gasteiger partial charge is 0.312 e. The highest BCUT2D eigenvalue weighted by Gasteiger charge is 2.49. The number of carbonyl (C=O) groups excluding carboxylic acids is 4. The second kappa shape index (κ2) is 12.2. The third kappa shape index (κ3) is 5.43. The minimum Gasteiger partial charge on any atom is -0.469 e. The van der Waals surface area contributed by atoms with Gasteiger partial charge in [-0.05, 0) is 0 Å². The average Bonchev–Trinajstić information content (AvgIpc) is 3.35. The lowest BCUT2D eigenvalue weighted by molar-refractivity contribution is -0.149. The highest BCUT2D eigenvalue weighted by molar-refractivity contribution is 5.75. The first-order chi connectivity index (χ1) is 15.5. The number of esters is 2. The number of hydrogen-bond donors (Lipinski definition) is 0. The monoisotopic (exact) mass is 452 g/mol. The van der Waals surface area contributed by atoms with Crippen molar-refractivity contribution in [1.82, 2.24) is 0 Å². The molecule has 176 valence electrons. The lowest BCUT2D eigenvalue weighted by Gasteiger charge is -2.20. The zero-order valence-electron chi connectivity index (χ0n) is 18.0. The van der Waals surface area contributed by atoms with Crippen LogP contribution in [0.4, 0.5) is 0 Å². The maximum atomic E-state index is 12.5. The molecule has 0 N–H and O–H groups in total. The fraction of sp³-hybridized carbons (Fsp3) is 0.545. The van der Waals surface area contributed by atoms with E-state index in [2.05, 4.69) is 13.2 Å². The second-order valence-electron chi connectivity index (χ2n) is 7.27. The Morgan fingerprint density at radius 2 is 1.19 bits per heavy atom. The third-order valence-corrected chi connectivity index (χ3v) is 5.72. The predicted molar refractivity (Wildman–Crippen MR) is 109 cm³/mol. The van der Waals surface area contributed by atoms with Crippen LogP contribution in [-0.4, -0.2) is 76.7 Å². The van der Waals surface area contributed by atoms with Crippen molar-refractivity contribution in [2.75, 3.05) is 27.4 Å². The molecule has 2 heterocycles. The lowest BCUT2D eigenvalue weighted by Crippen LogP contribution is -2.33. The first-order valence-electron chi connectivity index (χ1n) is 9.97. The molecule has 2 aliphatic heterocycles. The Balaban J connectivity index is 2.30. The van der Waals surface area contributed by atoms with Crippen LogP contribution in [0.3, 0.4) is 0 Å². The molecule has 10 nitrogen and oxygen atoms in total. The van der Waals surface area contributed by atoms with Gasteiger partial charge in [-0.3, -0.25) is 19.2 Å². The van der Waals surface area contributed by atoms with Crippen LogP contribution < -0.4 is 0 Å². The van der Waals surface area contributed by atoms with Gasteiger partial charge in [-0.1, -0.05) is 24.3 Å². The van der Waals surface area contributed by atoms with Crippen LogP contribution in [0.15, 0.2) is 37.5 Å². The molecule has 10 heteroatoms. The van der Waals surface area contributed by atoms with Crippen molar-refractivity contribution < 1.29 is 47.6 Å². The van der Waals surface area contributed by atoms with Gasteiger partial charge in [0.05, 0.1) is 63.7 Å². The van der Waals surface area contributed by atoms with Crippen LogP contribution in [-0.2, 0) is 47.6 Å². The van der Waals surface area contributed by atoms with Crippen molar-refractivity contribution in [3.05, 3.63) is 37.5 Å². The molecule has 0 saturated carbocycles. The molecular formula is C22H28O10. The molecule has 8 atom stereocenters. The van der Waals surface area contributed by atoms with Crippen molar-refractivity contribution in [3.8, 4) is 0 Å². The van der Waals surface area contributed by atoms with Gasteiger partial charge < -0.3 is 28.4 Å². The van der Waals surface area contributed by atoms with Crippen LogP contribution in [0.2, 0.25) is 0 Å². The molecule has 2 rings (SSSR count). The molecule has 2 saturated heterocycles. The molecular weight excluding hydrogens is 424 g/mol. The zero-order valence-corrected chi connectivity index (χ0v) is 18.0. The van der Waals surface area contributed by atoms with Crippen molar-refractivity contribution >= 4 is 24.9 Å². The Kier molecular flexibility index (Phi) is 9.61. The summed E-state index contributed by atoms with van der Waals surface area (Å²) < 4.78 is 31.4. The van der Waals surface area contributed by atoms with E-state index in [1.165, 1.54) is 26.4 Å². The molecule has 32 heavy (non-hydrogen) atoms. The van der Waals surface area contributed by atoms with E-state index in [0.29, 0.717) is 6.47 Å². The molecule has 2 fully saturated rings. The Morgan fingerprint density at radius 1 is 0.750 bits per heavy atom. The predicted octanol–water partition coefficient (Wildman–Crippen LogP) is 0.606. The summed E-state index contributed by atoms with van der Waals surface area (Å²) in [4.78, 5) is 46.2. The van der Waals surface area contributed by atoms with E-state index in [9.17, 15) is 19.2 Å². The Labute approximate surface area is 186 Å². The second-order valence-corrected chi connectivity index (χ2v) is 7.27. The zero-order chi connectivity index (χ0) is 23.7. The van der Waals surface area contributed by atoms with Gasteiger partial charge in [0.2, 0.25) is 0 Å². The van der Waals surface area contributed by atoms with Crippen LogP contribution in [0, 0.1) is 23.7 Å². The minimum atomic E-state index is -0.767. The van der Waals surface area contributed by atoms with Crippen LogP contribution >= 0.6 is 0 Å². The fourth-order valence-electron chi connectivity index (χ4n) is 4.22. The van der Waals surface area contributed by atoms with E-state index in [0.717, 1.165) is 0 Å². The van der Waals surface area contributed by atoms with E-state index < -0.39 is 60.0 Å². The van der Waals surface area contributed by atoms with E-state index >= 15 is 0 Å². The summed E-state index contributed by atoms with van der Waals surface area (Å²) in [7, 11) is 2.51. The lowest BCUT2D eigenvalue weighted by atomic mass is 9.85. The van der Waals surface area contributed by atoms with Gasteiger partial charge in [0, 0.05) is 11.8 Å². The molecule has 2 aliphatic rings. The molecule has 0 amide bonds. The van der Waals surface area contributed by atoms with Gasteiger partial charge in [0.1, 0.15) is 0 Å². The number of ether oxygens (including phenoxy) is 6. The normalized spacial score (nSPS) is 33.9. The Morgan fingerprint density at radius 3 is 1.66 bits per heavy atom. The average molecular weight is 452 g/mol. The molecule has 0 aromatic carbocycles. The minimum absolute atomic E-state index is 0.0526. The maximum Gasteiger partial charge on any atom is 0.312 e. The standard InChI is InChI=1S/C22H28O10/c1-5-15-13(9-29-11-23)20(22(26)28-4)18(31-15)8-7-17-14(10-30-12-24)19(21(25)27-3)16(6-2)32-17/h5-8,11-20H,1-2,9-10H2,3-4H3. The summed E-state index contributed by atoms with van der Waals surface area (Å²) in [5, 5.41) is 0. The fourth-order valence-corrected chi connectivity index (χ4v) is 4.22. The number of hydrogen-bond acceptors (Lipinski definition) is 10. The molecule has 0 bridgehead atoms. The van der Waals surface area contributed by atoms with Gasteiger partial charge in [-0.15, -0.1) is 13.2 Å². The summed E-state index contributed by atoms with van der Waals surface area (Å²) in [5.74, 6) is -3.60. The van der Waals surface area contributed by atoms with E-state index in [4.69, 9.17) is 28.4 Å². The molecule has 0 aromatic rings. The highest BCUT2D eigenvalue weighted by atomic mass is 16.6. The van der Waals surface area contributed by atoms with E-state index in [-0.39, 0.29) is 19.7 Å². The summed E-state index contributed by atoms with van der Waals surface area (Å²) in [5.41, 5.74) is 0. The summed E-state index contributed by atoms with van der Waals surface area (Å²) in [6, 6.07) is 0. The van der Waals surface area contributed by atoms with Crippen LogP contribution in [0.25, 0.3) is 0 Å². The third-order valence-electron chi connectivity index (χ3n) is 5.72. The number of carbonyl (C=O) groups is 4. The van der Waals surface area contributed by atoms with Gasteiger partial charge in [0.15, 0.2) is 0 Å². The molecule has 0 spiro atoms. The molecule has 0 aromatic heterocycles. The molecule has 0 radical (unpaired) electrons. The summed E-state index contributed by atoms with van der Waals surface area (Å²) >= 11 is 0. The van der Waals surface area contributed by atoms with Crippen LogP contribution in [0.1, 0.15) is 0 Å². The molecule has 8 unspecified atom stereocenters. The van der Waals surface area contributed by atoms with Gasteiger partial charge >= 0.3 is 11.9 Å². The topological polar surface area (TPSA) is 124 Å². The van der Waals surface area contributed by atoms with E-state index in [1.54, 1.807) is 12.2 Å². The van der Waals surface area contributed by atoms with Crippen molar-refractivity contribution in [1.29, 1.82) is 0 Å². The van der Waals surface area contributed by atoms with Gasteiger partial charge in [-0.25, -0.2) is 0 Å². The van der Waals surface area contributed by atoms with Crippen LogP contribution in [0.5, 0.6) is 0 Å². The highest BCUT2D eigenvalue weighted by Crippen LogP contribution is 2.38. The van der Waals surface area contributed by atoms with E-state index in [1.807, 2.05) is 0 Å². The quantitative estimate of drug-likeness (QED) is 0.180. The largest absolute Gasteiger partial charge is 0.469 e. The Bertz CT molecular complexity index is 732. The number of methoxy groups -OCH3 is 2. The first kappa shape index (κ1) is 25.3. The van der Waals surface area contributed by atoms with Gasteiger partial charge in [-0.2, -0.15) is 0 Å². The van der Waals surface area contributed by atoms with Crippen molar-refractivity contribution in [3.63, 3.8) is 0 Å². The summed E-state index contributed by atoms with van der Waals surface area (Å²) in [6.07, 6.45) is 3.66. The summed E-state index contributed by atoms with van der Waals surface area (Å²) in [6.45, 7) is 7.86. The SMILES string of the molecule is C=CC1OC(C=CC2OC(C=C)C(C(=O)OC)C2COC=O)C(C(=O)OC)C1COC=O.